The first kappa shape index (κ1) is 22.5. The van der Waals surface area contributed by atoms with Gasteiger partial charge in [0.15, 0.2) is 0 Å². The molecule has 2 amide bonds. The van der Waals surface area contributed by atoms with Crippen molar-refractivity contribution in [1.29, 1.82) is 0 Å². The quantitative estimate of drug-likeness (QED) is 0.416. The number of hydrogen-bond acceptors (Lipinski definition) is 3. The molecule has 2 aromatic heterocycles. The molecule has 0 saturated heterocycles. The summed E-state index contributed by atoms with van der Waals surface area (Å²) < 4.78 is 9.60. The second-order valence-electron chi connectivity index (χ2n) is 9.67. The van der Waals surface area contributed by atoms with Gasteiger partial charge in [0, 0.05) is 17.8 Å². The second kappa shape index (κ2) is 9.22. The summed E-state index contributed by atoms with van der Waals surface area (Å²) in [6, 6.07) is 22.3. The van der Waals surface area contributed by atoms with E-state index in [1.54, 1.807) is 7.11 Å². The highest BCUT2D eigenvalue weighted by Gasteiger charge is 2.36. The van der Waals surface area contributed by atoms with Gasteiger partial charge < -0.3 is 19.5 Å². The Hall–Kier alpha value is -4.00. The molecule has 0 radical (unpaired) electrons. The summed E-state index contributed by atoms with van der Waals surface area (Å²) in [5.41, 5.74) is 5.03. The monoisotopic (exact) mass is 481 g/mol. The van der Waals surface area contributed by atoms with Crippen LogP contribution in [0.3, 0.4) is 0 Å². The summed E-state index contributed by atoms with van der Waals surface area (Å²) in [4.78, 5) is 15.9. The fraction of sp³-hybridized carbons (Fsp3) is 0.310. The van der Waals surface area contributed by atoms with Crippen molar-refractivity contribution in [1.82, 2.24) is 24.6 Å². The third-order valence-electron chi connectivity index (χ3n) is 7.46. The molecule has 7 nitrogen and oxygen atoms in total. The predicted octanol–water partition coefficient (Wildman–Crippen LogP) is 5.54. The third kappa shape index (κ3) is 3.85. The number of urea groups is 1. The SMILES string of the molecule is COc1ccc([C@H]2c3cccn3-c3c(c(C)nn3-c3ccccc3)CN2C(=O)NC2CCCC2)cc1. The van der Waals surface area contributed by atoms with Gasteiger partial charge in [-0.15, -0.1) is 0 Å². The summed E-state index contributed by atoms with van der Waals surface area (Å²) in [7, 11) is 1.67. The van der Waals surface area contributed by atoms with Crippen LogP contribution >= 0.6 is 0 Å². The van der Waals surface area contributed by atoms with Gasteiger partial charge in [0.25, 0.3) is 0 Å². The van der Waals surface area contributed by atoms with Crippen molar-refractivity contribution in [2.24, 2.45) is 0 Å². The Morgan fingerprint density at radius 3 is 2.47 bits per heavy atom. The van der Waals surface area contributed by atoms with Crippen LogP contribution in [0.15, 0.2) is 72.9 Å². The average molecular weight is 482 g/mol. The van der Waals surface area contributed by atoms with Gasteiger partial charge in [-0.3, -0.25) is 0 Å². The van der Waals surface area contributed by atoms with E-state index in [9.17, 15) is 4.79 Å². The molecule has 0 spiro atoms. The van der Waals surface area contributed by atoms with Crippen molar-refractivity contribution in [3.8, 4) is 17.3 Å². The lowest BCUT2D eigenvalue weighted by molar-refractivity contribution is 0.176. The summed E-state index contributed by atoms with van der Waals surface area (Å²) in [5.74, 6) is 1.77. The molecule has 4 aromatic rings. The lowest BCUT2D eigenvalue weighted by Gasteiger charge is -2.32. The molecule has 1 atom stereocenters. The normalized spacial score (nSPS) is 17.4. The molecule has 1 aliphatic heterocycles. The van der Waals surface area contributed by atoms with Gasteiger partial charge in [-0.2, -0.15) is 5.10 Å². The van der Waals surface area contributed by atoms with Crippen molar-refractivity contribution < 1.29 is 9.53 Å². The van der Waals surface area contributed by atoms with Crippen LogP contribution in [-0.2, 0) is 6.54 Å². The Kier molecular flexibility index (Phi) is 5.76. The molecule has 36 heavy (non-hydrogen) atoms. The third-order valence-corrected chi connectivity index (χ3v) is 7.46. The first-order valence-corrected chi connectivity index (χ1v) is 12.7. The largest absolute Gasteiger partial charge is 0.497 e. The Morgan fingerprint density at radius 1 is 1.00 bits per heavy atom. The summed E-state index contributed by atoms with van der Waals surface area (Å²) in [6.45, 7) is 2.49. The van der Waals surface area contributed by atoms with Gasteiger partial charge in [0.05, 0.1) is 36.8 Å². The van der Waals surface area contributed by atoms with Gasteiger partial charge in [0.1, 0.15) is 11.6 Å². The Morgan fingerprint density at radius 2 is 1.75 bits per heavy atom. The maximum absolute atomic E-state index is 13.9. The number of carbonyl (C=O) groups is 1. The smallest absolute Gasteiger partial charge is 0.318 e. The van der Waals surface area contributed by atoms with Crippen LogP contribution in [0, 0.1) is 6.92 Å². The lowest BCUT2D eigenvalue weighted by Crippen LogP contribution is -2.45. The van der Waals surface area contributed by atoms with E-state index in [0.717, 1.165) is 52.6 Å². The number of carbonyl (C=O) groups excluding carboxylic acids is 1. The first-order chi connectivity index (χ1) is 17.6. The van der Waals surface area contributed by atoms with Gasteiger partial charge >= 0.3 is 6.03 Å². The maximum Gasteiger partial charge on any atom is 0.318 e. The fourth-order valence-corrected chi connectivity index (χ4v) is 5.61. The summed E-state index contributed by atoms with van der Waals surface area (Å²) >= 11 is 0. The number of rotatable bonds is 4. The molecule has 3 heterocycles. The number of ether oxygens (including phenoxy) is 1. The number of aromatic nitrogens is 3. The minimum absolute atomic E-state index is 0.0322. The van der Waals surface area contributed by atoms with Crippen LogP contribution in [-0.4, -0.2) is 38.4 Å². The minimum Gasteiger partial charge on any atom is -0.497 e. The van der Waals surface area contributed by atoms with Crippen molar-refractivity contribution >= 4 is 6.03 Å². The van der Waals surface area contributed by atoms with Crippen LogP contribution in [0.25, 0.3) is 11.5 Å². The van der Waals surface area contributed by atoms with Crippen LogP contribution in [0.5, 0.6) is 5.75 Å². The molecule has 1 saturated carbocycles. The molecular formula is C29H31N5O2. The number of nitrogens with one attached hydrogen (secondary N) is 1. The number of nitrogens with zero attached hydrogens (tertiary/aromatic N) is 4. The molecule has 1 N–H and O–H groups in total. The number of aryl methyl sites for hydroxylation is 1. The van der Waals surface area contributed by atoms with Gasteiger partial charge in [-0.05, 0) is 61.7 Å². The zero-order chi connectivity index (χ0) is 24.6. The fourth-order valence-electron chi connectivity index (χ4n) is 5.61. The van der Waals surface area contributed by atoms with Gasteiger partial charge in [-0.25, -0.2) is 9.48 Å². The van der Waals surface area contributed by atoms with Crippen LogP contribution in [0.4, 0.5) is 4.79 Å². The minimum atomic E-state index is -0.261. The highest BCUT2D eigenvalue weighted by molar-refractivity contribution is 5.76. The van der Waals surface area contributed by atoms with Crippen molar-refractivity contribution in [3.05, 3.63) is 95.4 Å². The number of amides is 2. The van der Waals surface area contributed by atoms with E-state index in [1.807, 2.05) is 52.9 Å². The molecule has 6 rings (SSSR count). The summed E-state index contributed by atoms with van der Waals surface area (Å²) in [6.07, 6.45) is 6.49. The number of methoxy groups -OCH3 is 1. The van der Waals surface area contributed by atoms with E-state index in [2.05, 4.69) is 46.4 Å². The van der Waals surface area contributed by atoms with E-state index in [4.69, 9.17) is 9.84 Å². The topological polar surface area (TPSA) is 64.3 Å². The molecule has 7 heteroatoms. The van der Waals surface area contributed by atoms with Crippen LogP contribution in [0.2, 0.25) is 0 Å². The molecule has 1 aliphatic carbocycles. The Labute approximate surface area is 211 Å². The van der Waals surface area contributed by atoms with Crippen molar-refractivity contribution in [3.63, 3.8) is 0 Å². The zero-order valence-corrected chi connectivity index (χ0v) is 20.7. The molecule has 2 aromatic carbocycles. The molecule has 2 aliphatic rings. The van der Waals surface area contributed by atoms with Gasteiger partial charge in [0.2, 0.25) is 0 Å². The maximum atomic E-state index is 13.9. The molecular weight excluding hydrogens is 450 g/mol. The highest BCUT2D eigenvalue weighted by atomic mass is 16.5. The number of fused-ring (bicyclic) bond motifs is 3. The van der Waals surface area contributed by atoms with Crippen LogP contribution < -0.4 is 10.1 Å². The first-order valence-electron chi connectivity index (χ1n) is 12.7. The lowest BCUT2D eigenvalue weighted by atomic mass is 10.0. The number of benzene rings is 2. The Balaban J connectivity index is 1.52. The standard InChI is InChI=1S/C29H31N5O2/c1-20-25-19-33(29(35)30-22-9-6-7-10-22)27(21-14-16-24(36-2)17-15-21)26-13-8-18-32(26)28(25)34(31-20)23-11-4-3-5-12-23/h3-5,8,11-18,22,27H,6-7,9-10,19H2,1-2H3,(H,30,35)/t27-/m0/s1. The van der Waals surface area contributed by atoms with E-state index < -0.39 is 0 Å². The molecule has 0 unspecified atom stereocenters. The Bertz CT molecular complexity index is 1370. The average Bonchev–Trinajstić information content (AvgIpc) is 3.64. The van der Waals surface area contributed by atoms with Crippen molar-refractivity contribution in [2.75, 3.05) is 7.11 Å². The zero-order valence-electron chi connectivity index (χ0n) is 20.7. The number of para-hydroxylation sites is 1. The van der Waals surface area contributed by atoms with E-state index in [0.29, 0.717) is 6.54 Å². The molecule has 184 valence electrons. The molecule has 1 fully saturated rings. The van der Waals surface area contributed by atoms with E-state index in [1.165, 1.54) is 12.8 Å². The predicted molar refractivity (Wildman–Crippen MR) is 139 cm³/mol. The van der Waals surface area contributed by atoms with Crippen molar-refractivity contribution in [2.45, 2.75) is 51.2 Å². The second-order valence-corrected chi connectivity index (χ2v) is 9.67. The van der Waals surface area contributed by atoms with Crippen LogP contribution in [0.1, 0.15) is 54.2 Å². The summed E-state index contributed by atoms with van der Waals surface area (Å²) in [5, 5.41) is 8.26. The highest BCUT2D eigenvalue weighted by Crippen LogP contribution is 2.39. The van der Waals surface area contributed by atoms with E-state index >= 15 is 0 Å². The number of hydrogen-bond donors (Lipinski definition) is 1. The van der Waals surface area contributed by atoms with E-state index in [-0.39, 0.29) is 18.1 Å². The molecule has 0 bridgehead atoms. The van der Waals surface area contributed by atoms with Gasteiger partial charge in [-0.1, -0.05) is 43.2 Å².